The van der Waals surface area contributed by atoms with Gasteiger partial charge in [-0.1, -0.05) is 11.6 Å². The Bertz CT molecular complexity index is 757. The SMILES string of the molecule is FC(F)C(F)(F)C(F)(F)C(F)(F)COc1ncnc(-n2cncn2)c1Cl. The van der Waals surface area contributed by atoms with Gasteiger partial charge in [0.2, 0.25) is 5.88 Å². The van der Waals surface area contributed by atoms with Crippen molar-refractivity contribution in [3.8, 4) is 11.7 Å². The smallest absolute Gasteiger partial charge is 0.381 e. The molecule has 0 bridgehead atoms. The molecule has 2 heterocycles. The lowest BCUT2D eigenvalue weighted by Gasteiger charge is -2.31. The van der Waals surface area contributed by atoms with Crippen LogP contribution >= 0.6 is 11.6 Å². The van der Waals surface area contributed by atoms with Crippen LogP contribution < -0.4 is 4.74 Å². The van der Waals surface area contributed by atoms with Crippen molar-refractivity contribution < 1.29 is 39.9 Å². The summed E-state index contributed by atoms with van der Waals surface area (Å²) in [7, 11) is 0. The molecule has 0 unspecified atom stereocenters. The zero-order valence-corrected chi connectivity index (χ0v) is 12.8. The largest absolute Gasteiger partial charge is 0.470 e. The van der Waals surface area contributed by atoms with Crippen LogP contribution in [0.25, 0.3) is 5.82 Å². The van der Waals surface area contributed by atoms with Crippen LogP contribution in [0.3, 0.4) is 0 Å². The summed E-state index contributed by atoms with van der Waals surface area (Å²) >= 11 is 5.74. The standard InChI is InChI=1S/C11H6ClF8N5O/c12-5-6(25-4-21-2-24-25)22-3-23-7(5)26-1-9(15,16)11(19,20)10(17,18)8(13)14/h2-4,8H,1H2. The number of nitrogens with zero attached hydrogens (tertiary/aromatic N) is 5. The maximum atomic E-state index is 13.4. The Morgan fingerprint density at radius 1 is 1.08 bits per heavy atom. The van der Waals surface area contributed by atoms with E-state index in [1.54, 1.807) is 0 Å². The number of hydrogen-bond donors (Lipinski definition) is 0. The molecule has 2 rings (SSSR count). The molecule has 144 valence electrons. The van der Waals surface area contributed by atoms with Crippen molar-refractivity contribution in [2.45, 2.75) is 24.2 Å². The molecule has 0 aromatic carbocycles. The van der Waals surface area contributed by atoms with Crippen molar-refractivity contribution in [1.29, 1.82) is 0 Å². The average molecular weight is 412 g/mol. The average Bonchev–Trinajstić information content (AvgIpc) is 3.07. The van der Waals surface area contributed by atoms with Gasteiger partial charge in [0.25, 0.3) is 0 Å². The third-order valence-corrected chi connectivity index (χ3v) is 3.25. The summed E-state index contributed by atoms with van der Waals surface area (Å²) in [6.45, 7) is -2.41. The molecule has 0 spiro atoms. The summed E-state index contributed by atoms with van der Waals surface area (Å²) in [4.78, 5) is 10.5. The fraction of sp³-hybridized carbons (Fsp3) is 0.455. The number of alkyl halides is 8. The second-order valence-corrected chi connectivity index (χ2v) is 5.03. The first kappa shape index (κ1) is 20.1. The molecule has 0 N–H and O–H groups in total. The molecule has 0 saturated heterocycles. The van der Waals surface area contributed by atoms with Crippen LogP contribution in [0, 0.1) is 0 Å². The van der Waals surface area contributed by atoms with E-state index in [9.17, 15) is 35.1 Å². The molecule has 0 aliphatic heterocycles. The number of ether oxygens (including phenoxy) is 1. The Balaban J connectivity index is 2.24. The van der Waals surface area contributed by atoms with Gasteiger partial charge in [0.05, 0.1) is 0 Å². The first-order valence-corrected chi connectivity index (χ1v) is 6.69. The van der Waals surface area contributed by atoms with Crippen molar-refractivity contribution in [2.24, 2.45) is 0 Å². The van der Waals surface area contributed by atoms with Gasteiger partial charge in [-0.25, -0.2) is 28.4 Å². The lowest BCUT2D eigenvalue weighted by atomic mass is 10.1. The topological polar surface area (TPSA) is 65.7 Å². The molecule has 0 aliphatic rings. The maximum absolute atomic E-state index is 13.4. The van der Waals surface area contributed by atoms with E-state index in [2.05, 4.69) is 24.8 Å². The van der Waals surface area contributed by atoms with Crippen molar-refractivity contribution >= 4 is 11.6 Å². The van der Waals surface area contributed by atoms with Gasteiger partial charge in [0.1, 0.15) is 24.0 Å². The van der Waals surface area contributed by atoms with Crippen LogP contribution in [0.2, 0.25) is 5.02 Å². The van der Waals surface area contributed by atoms with E-state index in [1.165, 1.54) is 0 Å². The van der Waals surface area contributed by atoms with E-state index in [-0.39, 0.29) is 5.82 Å². The van der Waals surface area contributed by atoms with E-state index in [1.807, 2.05) is 0 Å². The van der Waals surface area contributed by atoms with Gasteiger partial charge >= 0.3 is 24.2 Å². The van der Waals surface area contributed by atoms with Crippen molar-refractivity contribution in [3.63, 3.8) is 0 Å². The molecule has 2 aromatic heterocycles. The monoisotopic (exact) mass is 411 g/mol. The summed E-state index contributed by atoms with van der Waals surface area (Å²) < 4.78 is 108. The minimum Gasteiger partial charge on any atom is -0.470 e. The van der Waals surface area contributed by atoms with Gasteiger partial charge in [-0.2, -0.15) is 31.4 Å². The van der Waals surface area contributed by atoms with E-state index < -0.39 is 41.7 Å². The summed E-state index contributed by atoms with van der Waals surface area (Å²) in [5, 5.41) is 3.03. The highest BCUT2D eigenvalue weighted by atomic mass is 35.5. The van der Waals surface area contributed by atoms with E-state index in [0.29, 0.717) is 0 Å². The molecule has 0 saturated carbocycles. The van der Waals surface area contributed by atoms with Crippen molar-refractivity contribution in [3.05, 3.63) is 24.0 Å². The maximum Gasteiger partial charge on any atom is 0.381 e. The molecule has 0 amide bonds. The fourth-order valence-corrected chi connectivity index (χ4v) is 1.79. The van der Waals surface area contributed by atoms with Crippen molar-refractivity contribution in [2.75, 3.05) is 6.61 Å². The molecule has 26 heavy (non-hydrogen) atoms. The van der Waals surface area contributed by atoms with Gasteiger partial charge < -0.3 is 4.74 Å². The quantitative estimate of drug-likeness (QED) is 0.654. The highest BCUT2D eigenvalue weighted by Gasteiger charge is 2.75. The Kier molecular flexibility index (Phi) is 5.26. The highest BCUT2D eigenvalue weighted by Crippen LogP contribution is 2.48. The van der Waals surface area contributed by atoms with Gasteiger partial charge in [-0.15, -0.1) is 0 Å². The third-order valence-electron chi connectivity index (χ3n) is 2.92. The first-order valence-electron chi connectivity index (χ1n) is 6.31. The van der Waals surface area contributed by atoms with Crippen LogP contribution in [0.5, 0.6) is 5.88 Å². The minimum absolute atomic E-state index is 0.248. The zero-order valence-electron chi connectivity index (χ0n) is 12.1. The van der Waals surface area contributed by atoms with Crippen LogP contribution in [0.4, 0.5) is 35.1 Å². The van der Waals surface area contributed by atoms with Gasteiger partial charge in [-0.05, 0) is 0 Å². The summed E-state index contributed by atoms with van der Waals surface area (Å²) in [6, 6.07) is 0. The Morgan fingerprint density at radius 3 is 2.27 bits per heavy atom. The predicted octanol–water partition coefficient (Wildman–Crippen LogP) is 3.26. The third kappa shape index (κ3) is 3.37. The van der Waals surface area contributed by atoms with Crippen LogP contribution in [0.15, 0.2) is 19.0 Å². The molecule has 15 heteroatoms. The predicted molar refractivity (Wildman–Crippen MR) is 68.3 cm³/mol. The molecular weight excluding hydrogens is 406 g/mol. The van der Waals surface area contributed by atoms with Crippen molar-refractivity contribution in [1.82, 2.24) is 24.7 Å². The van der Waals surface area contributed by atoms with Gasteiger partial charge in [0.15, 0.2) is 12.4 Å². The first-order chi connectivity index (χ1) is 11.9. The Hall–Kier alpha value is -2.25. The summed E-state index contributed by atoms with van der Waals surface area (Å²) in [5.41, 5.74) is 0. The zero-order chi connectivity index (χ0) is 19.8. The molecule has 2 aromatic rings. The lowest BCUT2D eigenvalue weighted by Crippen LogP contribution is -2.59. The van der Waals surface area contributed by atoms with E-state index >= 15 is 0 Å². The molecule has 0 radical (unpaired) electrons. The Morgan fingerprint density at radius 2 is 1.73 bits per heavy atom. The fourth-order valence-electron chi connectivity index (χ4n) is 1.55. The molecule has 0 aliphatic carbocycles. The normalized spacial score (nSPS) is 13.3. The second kappa shape index (κ2) is 6.81. The number of hydrogen-bond acceptors (Lipinski definition) is 5. The summed E-state index contributed by atoms with van der Waals surface area (Å²) in [5.74, 6) is -19.5. The second-order valence-electron chi connectivity index (χ2n) is 4.65. The highest BCUT2D eigenvalue weighted by molar-refractivity contribution is 6.33. The van der Waals surface area contributed by atoms with Crippen LogP contribution in [-0.2, 0) is 0 Å². The number of rotatable bonds is 7. The van der Waals surface area contributed by atoms with Crippen LogP contribution in [0.1, 0.15) is 0 Å². The minimum atomic E-state index is -6.40. The van der Waals surface area contributed by atoms with Crippen LogP contribution in [-0.4, -0.2) is 55.5 Å². The molecule has 0 atom stereocenters. The van der Waals surface area contributed by atoms with E-state index in [4.69, 9.17) is 11.6 Å². The van der Waals surface area contributed by atoms with Gasteiger partial charge in [-0.3, -0.25) is 0 Å². The number of aromatic nitrogens is 5. The van der Waals surface area contributed by atoms with Gasteiger partial charge in [0, 0.05) is 0 Å². The molecular formula is C11H6ClF8N5O. The molecule has 6 nitrogen and oxygen atoms in total. The Labute approximate surface area is 143 Å². The number of halogens is 9. The molecule has 0 fully saturated rings. The lowest BCUT2D eigenvalue weighted by molar-refractivity contribution is -0.342. The van der Waals surface area contributed by atoms with E-state index in [0.717, 1.165) is 23.7 Å². The summed E-state index contributed by atoms with van der Waals surface area (Å²) in [6.07, 6.45) is -2.16.